The van der Waals surface area contributed by atoms with Gasteiger partial charge in [-0.25, -0.2) is 15.0 Å². The number of pyridine rings is 1. The number of hydrogen-bond acceptors (Lipinski definition) is 5. The lowest BCUT2D eigenvalue weighted by molar-refractivity contribution is -0.126. The van der Waals surface area contributed by atoms with Crippen LogP contribution >= 0.6 is 0 Å². The van der Waals surface area contributed by atoms with E-state index in [2.05, 4.69) is 26.8 Å². The molecule has 33 heavy (non-hydrogen) atoms. The van der Waals surface area contributed by atoms with Crippen molar-refractivity contribution in [2.24, 2.45) is 21.0 Å². The molecule has 2 aliphatic heterocycles. The van der Waals surface area contributed by atoms with Crippen molar-refractivity contribution < 1.29 is 9.18 Å². The number of fused-ring (bicyclic) bond motifs is 3. The maximum Gasteiger partial charge on any atom is 0.248 e. The van der Waals surface area contributed by atoms with Gasteiger partial charge in [-0.3, -0.25) is 9.79 Å². The molecule has 1 aliphatic carbocycles. The number of aromatic nitrogens is 1. The fraction of sp³-hybridized carbons (Fsp3) is 0.320. The van der Waals surface area contributed by atoms with E-state index in [1.807, 2.05) is 31.3 Å². The average molecular weight is 445 g/mol. The van der Waals surface area contributed by atoms with Crippen LogP contribution in [0.5, 0.6) is 0 Å². The lowest BCUT2D eigenvalue weighted by atomic mass is 9.84. The first kappa shape index (κ1) is 21.2. The van der Waals surface area contributed by atoms with Crippen molar-refractivity contribution in [1.82, 2.24) is 14.9 Å². The minimum Gasteiger partial charge on any atom is -0.310 e. The number of nitrogens with zero attached hydrogens (tertiary/aromatic N) is 6. The van der Waals surface area contributed by atoms with E-state index in [1.165, 1.54) is 12.5 Å². The largest absolute Gasteiger partial charge is 0.310 e. The van der Waals surface area contributed by atoms with Gasteiger partial charge < -0.3 is 4.90 Å². The van der Waals surface area contributed by atoms with Gasteiger partial charge in [0.2, 0.25) is 11.9 Å². The number of carbonyl (C=O) groups is 1. The Balaban J connectivity index is 1.55. The molecule has 168 valence electrons. The lowest BCUT2D eigenvalue weighted by Gasteiger charge is -2.32. The molecule has 0 bridgehead atoms. The van der Waals surface area contributed by atoms with Crippen molar-refractivity contribution in [3.63, 3.8) is 0 Å². The summed E-state index contributed by atoms with van der Waals surface area (Å²) < 4.78 is 13.4. The zero-order chi connectivity index (χ0) is 22.9. The van der Waals surface area contributed by atoms with Crippen molar-refractivity contribution >= 4 is 30.0 Å². The molecule has 0 N–H and O–H groups in total. The molecule has 0 saturated heterocycles. The summed E-state index contributed by atoms with van der Waals surface area (Å²) in [5, 5.41) is 6.33. The van der Waals surface area contributed by atoms with Crippen LogP contribution in [0.4, 0.5) is 4.39 Å². The van der Waals surface area contributed by atoms with Gasteiger partial charge in [-0.2, -0.15) is 9.49 Å². The Hall–Kier alpha value is -3.68. The number of hydrogen-bond donors (Lipinski definition) is 0. The summed E-state index contributed by atoms with van der Waals surface area (Å²) in [4.78, 5) is 27.2. The van der Waals surface area contributed by atoms with Crippen LogP contribution in [0.2, 0.25) is 0 Å². The monoisotopic (exact) mass is 444 g/mol. The maximum absolute atomic E-state index is 13.4. The van der Waals surface area contributed by atoms with E-state index in [4.69, 9.17) is 0 Å². The Labute approximate surface area is 192 Å². The Morgan fingerprint density at radius 2 is 2.06 bits per heavy atom. The number of aliphatic imine (C=N–C) groups is 2. The first-order chi connectivity index (χ1) is 16.0. The van der Waals surface area contributed by atoms with E-state index in [1.54, 1.807) is 22.2 Å². The molecule has 3 aliphatic rings. The number of amidine groups is 2. The zero-order valence-corrected chi connectivity index (χ0v) is 18.5. The fourth-order valence-electron chi connectivity index (χ4n) is 4.52. The second kappa shape index (κ2) is 8.69. The number of benzene rings is 1. The van der Waals surface area contributed by atoms with Crippen LogP contribution in [-0.2, 0) is 11.2 Å². The normalized spacial score (nSPS) is 18.4. The quantitative estimate of drug-likeness (QED) is 0.313. The van der Waals surface area contributed by atoms with Crippen LogP contribution in [0.3, 0.4) is 0 Å². The second-order valence-corrected chi connectivity index (χ2v) is 8.47. The summed E-state index contributed by atoms with van der Waals surface area (Å²) in [6.07, 6.45) is 7.48. The van der Waals surface area contributed by atoms with Gasteiger partial charge >= 0.3 is 0 Å². The summed E-state index contributed by atoms with van der Waals surface area (Å²) in [6.45, 7) is 4.30. The number of likely N-dealkylation sites (N-methyl/N-ethyl adjacent to an activating group) is 1. The van der Waals surface area contributed by atoms with Crippen LogP contribution in [-0.4, -0.2) is 59.3 Å². The summed E-state index contributed by atoms with van der Waals surface area (Å²) in [5.74, 6) is 1.10. The Bertz CT molecular complexity index is 1200. The highest BCUT2D eigenvalue weighted by molar-refractivity contribution is 6.06. The standard InChI is InChI=1S/C25H25FN6O/c1-27-25(16-5-3-6-16)30-31(2)23-13-21-20-8-4-7-18(17-9-10-22(26)28-14-17)19(20)11-12-32(21)24(33)15-29-23/h4,7-10,13-14,16H,1,3,5-6,11-12,15H2,2H3/b30-25-. The molecular formula is C25H25FN6O. The summed E-state index contributed by atoms with van der Waals surface area (Å²) in [6, 6.07) is 9.07. The third-order valence-electron chi connectivity index (χ3n) is 6.53. The Kier molecular flexibility index (Phi) is 5.58. The van der Waals surface area contributed by atoms with E-state index in [9.17, 15) is 9.18 Å². The maximum atomic E-state index is 13.4. The summed E-state index contributed by atoms with van der Waals surface area (Å²) >= 11 is 0. The van der Waals surface area contributed by atoms with Gasteiger partial charge in [-0.05, 0) is 49.2 Å². The average Bonchev–Trinajstić information content (AvgIpc) is 2.96. The zero-order valence-electron chi connectivity index (χ0n) is 18.5. The number of hydrazone groups is 1. The van der Waals surface area contributed by atoms with Gasteiger partial charge in [-0.1, -0.05) is 24.6 Å². The molecule has 0 atom stereocenters. The first-order valence-corrected chi connectivity index (χ1v) is 11.1. The van der Waals surface area contributed by atoms with Crippen molar-refractivity contribution in [1.29, 1.82) is 0 Å². The van der Waals surface area contributed by atoms with Crippen molar-refractivity contribution in [3.8, 4) is 11.1 Å². The van der Waals surface area contributed by atoms with E-state index in [0.29, 0.717) is 30.6 Å². The summed E-state index contributed by atoms with van der Waals surface area (Å²) in [5.41, 5.74) is 4.71. The lowest BCUT2D eigenvalue weighted by Crippen LogP contribution is -2.36. The highest BCUT2D eigenvalue weighted by Crippen LogP contribution is 2.36. The first-order valence-electron chi connectivity index (χ1n) is 11.1. The molecule has 2 aromatic rings. The topological polar surface area (TPSA) is 73.5 Å². The number of rotatable bonds is 3. The number of carbonyl (C=O) groups excluding carboxylic acids is 1. The van der Waals surface area contributed by atoms with E-state index >= 15 is 0 Å². The molecule has 5 rings (SSSR count). The van der Waals surface area contributed by atoms with Crippen LogP contribution in [0, 0.1) is 11.9 Å². The third kappa shape index (κ3) is 3.97. The van der Waals surface area contributed by atoms with Gasteiger partial charge in [-0.15, -0.1) is 0 Å². The van der Waals surface area contributed by atoms with Crippen molar-refractivity contribution in [2.75, 3.05) is 20.1 Å². The van der Waals surface area contributed by atoms with E-state index in [-0.39, 0.29) is 12.5 Å². The Morgan fingerprint density at radius 1 is 1.24 bits per heavy atom. The molecule has 8 heteroatoms. The van der Waals surface area contributed by atoms with Crippen LogP contribution in [0.25, 0.3) is 16.8 Å². The van der Waals surface area contributed by atoms with Gasteiger partial charge in [0.25, 0.3) is 0 Å². The predicted octanol–water partition coefficient (Wildman–Crippen LogP) is 3.77. The molecule has 1 amide bonds. The minimum absolute atomic E-state index is 0.0470. The van der Waals surface area contributed by atoms with Crippen LogP contribution in [0.15, 0.2) is 57.7 Å². The Morgan fingerprint density at radius 3 is 2.76 bits per heavy atom. The molecule has 1 aromatic carbocycles. The van der Waals surface area contributed by atoms with Gasteiger partial charge in [0, 0.05) is 42.9 Å². The number of amides is 1. The van der Waals surface area contributed by atoms with Crippen molar-refractivity contribution in [2.45, 2.75) is 25.7 Å². The van der Waals surface area contributed by atoms with Crippen LogP contribution < -0.4 is 0 Å². The predicted molar refractivity (Wildman–Crippen MR) is 127 cm³/mol. The molecule has 3 heterocycles. The van der Waals surface area contributed by atoms with E-state index in [0.717, 1.165) is 40.8 Å². The minimum atomic E-state index is -0.508. The van der Waals surface area contributed by atoms with Gasteiger partial charge in [0.05, 0.1) is 5.70 Å². The highest BCUT2D eigenvalue weighted by Gasteiger charge is 2.30. The molecule has 1 fully saturated rings. The molecule has 0 radical (unpaired) electrons. The molecule has 0 spiro atoms. The fourth-order valence-corrected chi connectivity index (χ4v) is 4.52. The second-order valence-electron chi connectivity index (χ2n) is 8.47. The highest BCUT2D eigenvalue weighted by atomic mass is 19.1. The molecular weight excluding hydrogens is 419 g/mol. The smallest absolute Gasteiger partial charge is 0.248 e. The third-order valence-corrected chi connectivity index (χ3v) is 6.53. The molecule has 1 aromatic heterocycles. The van der Waals surface area contributed by atoms with E-state index < -0.39 is 5.95 Å². The molecule has 1 saturated carbocycles. The molecule has 7 nitrogen and oxygen atoms in total. The van der Waals surface area contributed by atoms with Gasteiger partial charge in [0.1, 0.15) is 12.4 Å². The van der Waals surface area contributed by atoms with Crippen molar-refractivity contribution in [3.05, 3.63) is 59.7 Å². The molecule has 0 unspecified atom stereocenters. The SMILES string of the molecule is C=N/C(=N\N(C)C1=NCC(=O)N2CCc3c(cccc3-c3ccc(F)nc3)C2=C1)C1CCC1. The van der Waals surface area contributed by atoms with Crippen LogP contribution in [0.1, 0.15) is 30.4 Å². The van der Waals surface area contributed by atoms with Gasteiger partial charge in [0.15, 0.2) is 5.84 Å². The number of halogens is 1. The summed E-state index contributed by atoms with van der Waals surface area (Å²) in [7, 11) is 1.82.